The molecule has 0 atom stereocenters. The van der Waals surface area contributed by atoms with Crippen molar-refractivity contribution in [3.8, 4) is 0 Å². The molecule has 0 aliphatic heterocycles. The molecule has 6 heteroatoms. The Morgan fingerprint density at radius 2 is 2.05 bits per heavy atom. The van der Waals surface area contributed by atoms with E-state index in [2.05, 4.69) is 16.8 Å². The first-order valence-electron chi connectivity index (χ1n) is 6.17. The molecule has 2 rings (SSSR count). The summed E-state index contributed by atoms with van der Waals surface area (Å²) < 4.78 is 2.74. The van der Waals surface area contributed by atoms with E-state index in [0.29, 0.717) is 13.1 Å². The van der Waals surface area contributed by atoms with Gasteiger partial charge in [-0.1, -0.05) is 6.07 Å². The van der Waals surface area contributed by atoms with Crippen LogP contribution >= 0.6 is 11.3 Å². The topological polar surface area (TPSA) is 56.0 Å². The second kappa shape index (κ2) is 6.49. The summed E-state index contributed by atoms with van der Waals surface area (Å²) in [5.41, 5.74) is -0.953. The lowest BCUT2D eigenvalue weighted by Gasteiger charge is -2.07. The molecule has 0 radical (unpaired) electrons. The van der Waals surface area contributed by atoms with Gasteiger partial charge in [0.15, 0.2) is 0 Å². The molecule has 102 valence electrons. The second-order valence-electron chi connectivity index (χ2n) is 4.29. The summed E-state index contributed by atoms with van der Waals surface area (Å²) in [5, 5.41) is 5.34. The number of hydrogen-bond acceptors (Lipinski definition) is 4. The minimum Gasteiger partial charge on any atom is -0.315 e. The van der Waals surface area contributed by atoms with E-state index in [0.717, 1.165) is 13.0 Å². The quantitative estimate of drug-likeness (QED) is 0.617. The van der Waals surface area contributed by atoms with Crippen LogP contribution in [0.5, 0.6) is 0 Å². The minimum atomic E-state index is -0.485. The van der Waals surface area contributed by atoms with E-state index in [1.54, 1.807) is 30.8 Å². The zero-order valence-electron chi connectivity index (χ0n) is 10.8. The molecule has 0 amide bonds. The van der Waals surface area contributed by atoms with E-state index < -0.39 is 11.1 Å². The average molecular weight is 279 g/mol. The van der Waals surface area contributed by atoms with Crippen LogP contribution in [-0.4, -0.2) is 22.2 Å². The lowest BCUT2D eigenvalue weighted by Crippen LogP contribution is -2.40. The van der Waals surface area contributed by atoms with Crippen LogP contribution in [0.2, 0.25) is 0 Å². The fourth-order valence-corrected chi connectivity index (χ4v) is 2.47. The Hall–Kier alpha value is -1.66. The smallest absolute Gasteiger partial charge is 0.315 e. The maximum absolute atomic E-state index is 11.6. The molecule has 0 aliphatic carbocycles. The predicted octanol–water partition coefficient (Wildman–Crippen LogP) is 0.441. The van der Waals surface area contributed by atoms with Crippen LogP contribution in [0.3, 0.4) is 0 Å². The van der Waals surface area contributed by atoms with Gasteiger partial charge in [-0.2, -0.15) is 0 Å². The van der Waals surface area contributed by atoms with Crippen LogP contribution in [0.15, 0.2) is 39.5 Å². The molecular formula is C13H17N3O2S. The van der Waals surface area contributed by atoms with Crippen LogP contribution in [0.4, 0.5) is 0 Å². The number of rotatable bonds is 6. The van der Waals surface area contributed by atoms with Crippen molar-refractivity contribution in [2.45, 2.75) is 13.0 Å². The van der Waals surface area contributed by atoms with Gasteiger partial charge in [-0.3, -0.25) is 9.59 Å². The molecular weight excluding hydrogens is 262 g/mol. The first-order chi connectivity index (χ1) is 9.18. The molecule has 2 aromatic rings. The highest BCUT2D eigenvalue weighted by molar-refractivity contribution is 7.09. The van der Waals surface area contributed by atoms with Crippen molar-refractivity contribution in [1.29, 1.82) is 0 Å². The predicted molar refractivity (Wildman–Crippen MR) is 76.8 cm³/mol. The van der Waals surface area contributed by atoms with Gasteiger partial charge in [-0.25, -0.2) is 0 Å². The van der Waals surface area contributed by atoms with Crippen molar-refractivity contribution in [1.82, 2.24) is 14.5 Å². The zero-order valence-corrected chi connectivity index (χ0v) is 11.7. The minimum absolute atomic E-state index is 0.468. The normalized spacial score (nSPS) is 10.8. The van der Waals surface area contributed by atoms with Gasteiger partial charge in [0.1, 0.15) is 0 Å². The Balaban J connectivity index is 1.79. The third-order valence-corrected chi connectivity index (χ3v) is 3.83. The van der Waals surface area contributed by atoms with Crippen LogP contribution in [0.25, 0.3) is 0 Å². The average Bonchev–Trinajstić information content (AvgIpc) is 2.91. The highest BCUT2D eigenvalue weighted by Crippen LogP contribution is 2.07. The first kappa shape index (κ1) is 13.8. The Labute approximate surface area is 115 Å². The van der Waals surface area contributed by atoms with Gasteiger partial charge in [0.25, 0.3) is 0 Å². The highest BCUT2D eigenvalue weighted by atomic mass is 32.1. The fourth-order valence-electron chi connectivity index (χ4n) is 1.76. The van der Waals surface area contributed by atoms with Crippen molar-refractivity contribution < 1.29 is 0 Å². The molecule has 2 aromatic heterocycles. The summed E-state index contributed by atoms with van der Waals surface area (Å²) in [4.78, 5) is 24.4. The Morgan fingerprint density at radius 3 is 2.79 bits per heavy atom. The van der Waals surface area contributed by atoms with Crippen molar-refractivity contribution in [3.63, 3.8) is 0 Å². The molecule has 0 bridgehead atoms. The van der Waals surface area contributed by atoms with Gasteiger partial charge in [-0.15, -0.1) is 11.3 Å². The van der Waals surface area contributed by atoms with E-state index in [1.165, 1.54) is 14.0 Å². The molecule has 0 saturated carbocycles. The molecule has 0 saturated heterocycles. The lowest BCUT2D eigenvalue weighted by atomic mass is 10.3. The number of hydrogen-bond donors (Lipinski definition) is 1. The number of thiophene rings is 1. The molecule has 5 nitrogen and oxygen atoms in total. The Bertz CT molecular complexity index is 628. The van der Waals surface area contributed by atoms with Gasteiger partial charge in [0, 0.05) is 44.0 Å². The maximum atomic E-state index is 11.6. The van der Waals surface area contributed by atoms with E-state index in [1.807, 2.05) is 6.07 Å². The van der Waals surface area contributed by atoms with Gasteiger partial charge in [-0.05, 0) is 17.9 Å². The van der Waals surface area contributed by atoms with E-state index in [4.69, 9.17) is 0 Å². The number of nitrogens with one attached hydrogen (secondary N) is 1. The number of aromatic nitrogens is 2. The monoisotopic (exact) mass is 279 g/mol. The fraction of sp³-hybridized carbons (Fsp3) is 0.385. The summed E-state index contributed by atoms with van der Waals surface area (Å²) in [5.74, 6) is 0. The third kappa shape index (κ3) is 3.65. The summed E-state index contributed by atoms with van der Waals surface area (Å²) in [6.07, 6.45) is 4.24. The number of aryl methyl sites for hydroxylation is 1. The Morgan fingerprint density at radius 1 is 1.21 bits per heavy atom. The highest BCUT2D eigenvalue weighted by Gasteiger charge is 2.01. The molecule has 19 heavy (non-hydrogen) atoms. The van der Waals surface area contributed by atoms with E-state index in [-0.39, 0.29) is 0 Å². The molecule has 0 aliphatic rings. The summed E-state index contributed by atoms with van der Waals surface area (Å²) in [6.45, 7) is 2.07. The van der Waals surface area contributed by atoms with Gasteiger partial charge in [0.2, 0.25) is 0 Å². The molecule has 2 heterocycles. The molecule has 0 aromatic carbocycles. The van der Waals surface area contributed by atoms with Crippen molar-refractivity contribution in [2.75, 3.05) is 13.1 Å². The maximum Gasteiger partial charge on any atom is 0.316 e. The first-order valence-corrected chi connectivity index (χ1v) is 7.05. The SMILES string of the molecule is Cn1ccn(CCNCCc2cccs2)c(=O)c1=O. The van der Waals surface area contributed by atoms with Gasteiger partial charge < -0.3 is 14.5 Å². The third-order valence-electron chi connectivity index (χ3n) is 2.89. The van der Waals surface area contributed by atoms with Crippen molar-refractivity contribution in [2.24, 2.45) is 7.05 Å². The second-order valence-corrected chi connectivity index (χ2v) is 5.32. The van der Waals surface area contributed by atoms with Crippen LogP contribution in [0, 0.1) is 0 Å². The molecule has 1 N–H and O–H groups in total. The largest absolute Gasteiger partial charge is 0.316 e. The van der Waals surface area contributed by atoms with Crippen molar-refractivity contribution >= 4 is 11.3 Å². The summed E-state index contributed by atoms with van der Waals surface area (Å²) in [7, 11) is 1.58. The van der Waals surface area contributed by atoms with E-state index in [9.17, 15) is 9.59 Å². The van der Waals surface area contributed by atoms with Crippen LogP contribution < -0.4 is 16.4 Å². The van der Waals surface area contributed by atoms with E-state index >= 15 is 0 Å². The Kier molecular flexibility index (Phi) is 4.70. The standard InChI is InChI=1S/C13H17N3O2S/c1-15-8-9-16(13(18)12(15)17)7-6-14-5-4-11-3-2-10-19-11/h2-3,8-10,14H,4-7H2,1H3. The summed E-state index contributed by atoms with van der Waals surface area (Å²) >= 11 is 1.74. The molecule has 0 spiro atoms. The van der Waals surface area contributed by atoms with Gasteiger partial charge >= 0.3 is 11.1 Å². The van der Waals surface area contributed by atoms with Crippen molar-refractivity contribution in [3.05, 3.63) is 55.5 Å². The lowest BCUT2D eigenvalue weighted by molar-refractivity contribution is 0.574. The molecule has 0 unspecified atom stereocenters. The summed E-state index contributed by atoms with van der Waals surface area (Å²) in [6, 6.07) is 4.15. The number of nitrogens with zero attached hydrogens (tertiary/aromatic N) is 2. The van der Waals surface area contributed by atoms with Crippen LogP contribution in [-0.2, 0) is 20.0 Å². The molecule has 0 fully saturated rings. The van der Waals surface area contributed by atoms with Crippen LogP contribution in [0.1, 0.15) is 4.88 Å². The zero-order chi connectivity index (χ0) is 13.7. The van der Waals surface area contributed by atoms with Gasteiger partial charge in [0.05, 0.1) is 0 Å².